The molecule has 0 aromatic heterocycles. The molecule has 2 heterocycles. The van der Waals surface area contributed by atoms with E-state index < -0.39 is 53.9 Å². The summed E-state index contributed by atoms with van der Waals surface area (Å²) >= 11 is 0. The van der Waals surface area contributed by atoms with Crippen molar-refractivity contribution in [2.45, 2.75) is 213 Å². The van der Waals surface area contributed by atoms with E-state index in [0.717, 1.165) is 140 Å². The number of likely N-dealkylation sites (tertiary alicyclic amines) is 2. The van der Waals surface area contributed by atoms with Gasteiger partial charge in [0, 0.05) is 57.8 Å². The SMILES string of the molecule is CC(C)CC(NC(=O)C1CCCCC1)C(=O)C(=O)N/N=C1\CCCN1C.CC(C)C[C@H](NC(=O)C1CCCCC1)C(O)C(=O)N/N=C1\CCCN1C.CC(C)C[C@H](NC(=O)C1CCCCC1)C(O)C(=O)O.Cl. The molecule has 5 amide bonds. The number of hydrogen-bond acceptors (Lipinski definition) is 11. The number of aliphatic hydroxyl groups excluding tert-OH is 2. The van der Waals surface area contributed by atoms with Crippen molar-refractivity contribution in [3.8, 4) is 0 Å². The van der Waals surface area contributed by atoms with Crippen LogP contribution in [0, 0.1) is 35.5 Å². The summed E-state index contributed by atoms with van der Waals surface area (Å²) in [5.41, 5.74) is 4.84. The smallest absolute Gasteiger partial charge is 0.334 e. The van der Waals surface area contributed by atoms with E-state index >= 15 is 0 Å². The monoisotopic (exact) mass is 1040 g/mol. The first-order valence-electron chi connectivity index (χ1n) is 26.9. The molecule has 2 aliphatic heterocycles. The second kappa shape index (κ2) is 33.5. The van der Waals surface area contributed by atoms with Gasteiger partial charge in [-0.1, -0.05) is 99.3 Å². The summed E-state index contributed by atoms with van der Waals surface area (Å²) in [5.74, 6) is -1.28. The third kappa shape index (κ3) is 22.8. The number of hydrazone groups is 2. The number of hydrogen-bond donors (Lipinski definition) is 8. The maximum Gasteiger partial charge on any atom is 0.334 e. The number of halogens is 1. The minimum absolute atomic E-state index is 0. The molecule has 5 fully saturated rings. The molecule has 5 rings (SSSR count). The average molecular weight is 1040 g/mol. The standard InChI is InChI=1S/C19H34N4O3.C19H32N4O3.C14H25NO4.ClH/c2*1-13(2)12-15(20-18(25)14-8-5-4-6-9-14)17(24)19(26)22-21-16-10-7-11-23(16)3;1-9(2)8-11(12(16)14(18)19)15-13(17)10-6-4-3-5-7-10;/h13-15,17,24H,4-12H2,1-3H3,(H,20,25)(H,22,26);13-15H,4-12H2,1-3H3,(H,20,25)(H,22,26);9-12,16H,3-8H2,1-2H3,(H,15,17)(H,18,19);1H/b2*21-16+;;/t15-,17?;;11-,12?;/m0.0./s1. The van der Waals surface area contributed by atoms with Crippen LogP contribution in [0.4, 0.5) is 0 Å². The highest BCUT2D eigenvalue weighted by molar-refractivity contribution is 6.38. The Kier molecular flexibility index (Phi) is 29.6. The molecule has 0 bridgehead atoms. The molecule has 0 aromatic carbocycles. The second-order valence-corrected chi connectivity index (χ2v) is 21.8. The maximum atomic E-state index is 12.6. The van der Waals surface area contributed by atoms with Gasteiger partial charge in [-0.3, -0.25) is 28.8 Å². The lowest BCUT2D eigenvalue weighted by molar-refractivity contribution is -0.149. The van der Waals surface area contributed by atoms with Crippen molar-refractivity contribution < 1.29 is 48.9 Å². The van der Waals surface area contributed by atoms with Crippen LogP contribution in [0.15, 0.2) is 10.2 Å². The van der Waals surface area contributed by atoms with Crippen molar-refractivity contribution >= 4 is 65.4 Å². The van der Waals surface area contributed by atoms with E-state index in [9.17, 15) is 43.8 Å². The topological polar surface area (TPSA) is 272 Å². The van der Waals surface area contributed by atoms with E-state index in [2.05, 4.69) is 37.0 Å². The van der Waals surface area contributed by atoms with Crippen molar-refractivity contribution in [2.24, 2.45) is 45.7 Å². The number of aliphatic carboxylic acids is 1. The van der Waals surface area contributed by atoms with Gasteiger partial charge in [-0.05, 0) is 88.4 Å². The van der Waals surface area contributed by atoms with Crippen LogP contribution in [0.1, 0.15) is 183 Å². The van der Waals surface area contributed by atoms with Crippen LogP contribution in [-0.4, -0.2) is 136 Å². The molecule has 0 radical (unpaired) electrons. The fourth-order valence-electron chi connectivity index (χ4n) is 9.98. The highest BCUT2D eigenvalue weighted by atomic mass is 35.5. The first kappa shape index (κ1) is 63.8. The molecule has 72 heavy (non-hydrogen) atoms. The number of carbonyl (C=O) groups is 7. The lowest BCUT2D eigenvalue weighted by Crippen LogP contribution is -2.52. The van der Waals surface area contributed by atoms with E-state index in [4.69, 9.17) is 5.11 Å². The number of rotatable bonds is 20. The molecule has 3 aliphatic carbocycles. The molecule has 412 valence electrons. The fourth-order valence-corrected chi connectivity index (χ4v) is 9.98. The highest BCUT2D eigenvalue weighted by Gasteiger charge is 2.34. The Hall–Kier alpha value is -4.36. The van der Waals surface area contributed by atoms with E-state index in [1.807, 2.05) is 65.4 Å². The quantitative estimate of drug-likeness (QED) is 0.0563. The third-order valence-electron chi connectivity index (χ3n) is 14.1. The first-order chi connectivity index (χ1) is 33.7. The van der Waals surface area contributed by atoms with Crippen LogP contribution in [0.25, 0.3) is 0 Å². The Bertz CT molecular complexity index is 1780. The van der Waals surface area contributed by atoms with Crippen LogP contribution in [0.3, 0.4) is 0 Å². The molecular weight excluding hydrogens is 946 g/mol. The summed E-state index contributed by atoms with van der Waals surface area (Å²) in [5, 5.41) is 45.7. The summed E-state index contributed by atoms with van der Waals surface area (Å²) in [6.45, 7) is 13.7. The predicted octanol–water partition coefficient (Wildman–Crippen LogP) is 5.40. The molecule has 0 spiro atoms. The summed E-state index contributed by atoms with van der Waals surface area (Å²) in [6, 6.07) is -2.08. The van der Waals surface area contributed by atoms with E-state index in [1.54, 1.807) is 0 Å². The number of nitrogens with one attached hydrogen (secondary N) is 5. The van der Waals surface area contributed by atoms with Gasteiger partial charge in [0.1, 0.15) is 11.7 Å². The molecule has 0 aromatic rings. The number of carboxylic acid groups (broad SMARTS) is 1. The fraction of sp³-hybridized carbons (Fsp3) is 0.827. The van der Waals surface area contributed by atoms with Gasteiger partial charge in [0.25, 0.3) is 5.91 Å². The Morgan fingerprint density at radius 3 is 1.24 bits per heavy atom. The molecule has 8 N–H and O–H groups in total. The molecule has 3 unspecified atom stereocenters. The second-order valence-electron chi connectivity index (χ2n) is 21.8. The number of amidine groups is 2. The van der Waals surface area contributed by atoms with Gasteiger partial charge in [0.05, 0.1) is 18.1 Å². The zero-order valence-electron chi connectivity index (χ0n) is 44.7. The minimum atomic E-state index is -1.53. The number of carbonyl (C=O) groups excluding carboxylic acids is 6. The van der Waals surface area contributed by atoms with Crippen molar-refractivity contribution in [3.05, 3.63) is 0 Å². The number of amides is 5. The van der Waals surface area contributed by atoms with Crippen LogP contribution >= 0.6 is 12.4 Å². The number of carboxylic acids is 1. The van der Waals surface area contributed by atoms with Crippen LogP contribution < -0.4 is 26.8 Å². The lowest BCUT2D eigenvalue weighted by atomic mass is 9.88. The zero-order chi connectivity index (χ0) is 52.6. The zero-order valence-corrected chi connectivity index (χ0v) is 45.5. The van der Waals surface area contributed by atoms with Crippen molar-refractivity contribution in [3.63, 3.8) is 0 Å². The van der Waals surface area contributed by atoms with Gasteiger partial charge in [-0.2, -0.15) is 10.2 Å². The van der Waals surface area contributed by atoms with Crippen LogP contribution in [-0.2, 0) is 33.6 Å². The van der Waals surface area contributed by atoms with Crippen molar-refractivity contribution in [1.82, 2.24) is 36.6 Å². The molecule has 3 saturated carbocycles. The van der Waals surface area contributed by atoms with E-state index in [1.165, 1.54) is 6.42 Å². The summed E-state index contributed by atoms with van der Waals surface area (Å²) < 4.78 is 0. The lowest BCUT2D eigenvalue weighted by Gasteiger charge is -2.28. The molecule has 5 atom stereocenters. The normalized spacial score (nSPS) is 21.0. The largest absolute Gasteiger partial charge is 0.479 e. The Labute approximate surface area is 435 Å². The van der Waals surface area contributed by atoms with E-state index in [0.29, 0.717) is 19.3 Å². The average Bonchev–Trinajstić information content (AvgIpc) is 3.97. The van der Waals surface area contributed by atoms with E-state index in [-0.39, 0.29) is 65.6 Å². The highest BCUT2D eigenvalue weighted by Crippen LogP contribution is 2.27. The van der Waals surface area contributed by atoms with Crippen molar-refractivity contribution in [2.75, 3.05) is 27.2 Å². The van der Waals surface area contributed by atoms with Crippen molar-refractivity contribution in [1.29, 1.82) is 0 Å². The molecular formula is C52H92ClN9O10. The number of aliphatic hydroxyl groups is 2. The third-order valence-corrected chi connectivity index (χ3v) is 14.1. The van der Waals surface area contributed by atoms with Crippen LogP contribution in [0.5, 0.6) is 0 Å². The number of Topliss-reactive ketones (excluding diaryl/α,β-unsaturated/α-hetero) is 1. The summed E-state index contributed by atoms with van der Waals surface area (Å²) in [7, 11) is 3.84. The van der Waals surface area contributed by atoms with Gasteiger partial charge >= 0.3 is 11.9 Å². The van der Waals surface area contributed by atoms with Gasteiger partial charge in [-0.15, -0.1) is 12.4 Å². The van der Waals surface area contributed by atoms with Gasteiger partial charge in [-0.25, -0.2) is 15.6 Å². The number of nitrogens with zero attached hydrogens (tertiary/aromatic N) is 4. The van der Waals surface area contributed by atoms with Gasteiger partial charge in [0.2, 0.25) is 23.5 Å². The Morgan fingerprint density at radius 2 is 0.889 bits per heavy atom. The molecule has 5 aliphatic rings. The first-order valence-corrected chi connectivity index (χ1v) is 26.9. The van der Waals surface area contributed by atoms with Gasteiger partial charge in [0.15, 0.2) is 12.2 Å². The van der Waals surface area contributed by atoms with Gasteiger partial charge < -0.3 is 41.1 Å². The minimum Gasteiger partial charge on any atom is -0.479 e. The number of ketones is 1. The predicted molar refractivity (Wildman–Crippen MR) is 281 cm³/mol. The summed E-state index contributed by atoms with van der Waals surface area (Å²) in [4.78, 5) is 89.1. The van der Waals surface area contributed by atoms with Crippen LogP contribution in [0.2, 0.25) is 0 Å². The molecule has 19 nitrogen and oxygen atoms in total. The Balaban J connectivity index is 0.000000373. The molecule has 20 heteroatoms. The summed E-state index contributed by atoms with van der Waals surface area (Å²) in [6.07, 6.45) is 17.3. The Morgan fingerprint density at radius 1 is 0.528 bits per heavy atom. The maximum absolute atomic E-state index is 12.6. The molecule has 2 saturated heterocycles.